The number of hydrogen-bond acceptors (Lipinski definition) is 9. The number of esters is 2. The SMILES string of the molecule is COc1ccccc1N1CCN(CCC(N)OC(=O)/C=C/C(=O)Oc2cc(C)c3ccccc3n2)CC1. The van der Waals surface area contributed by atoms with E-state index in [2.05, 4.69) is 20.9 Å². The quantitative estimate of drug-likeness (QED) is 0.267. The summed E-state index contributed by atoms with van der Waals surface area (Å²) in [6.07, 6.45) is 1.74. The number of pyridine rings is 1. The molecule has 1 aliphatic rings. The lowest BCUT2D eigenvalue weighted by molar-refractivity contribution is -0.143. The molecular weight excluding hydrogens is 472 g/mol. The van der Waals surface area contributed by atoms with E-state index in [-0.39, 0.29) is 5.88 Å². The molecule has 194 valence electrons. The number of hydrogen-bond donors (Lipinski definition) is 1. The van der Waals surface area contributed by atoms with E-state index in [0.717, 1.165) is 66.2 Å². The van der Waals surface area contributed by atoms with E-state index in [1.807, 2.05) is 49.4 Å². The second-order valence-corrected chi connectivity index (χ2v) is 8.81. The van der Waals surface area contributed by atoms with Crippen LogP contribution in [0.3, 0.4) is 0 Å². The molecule has 1 aromatic heterocycles. The average Bonchev–Trinajstić information content (AvgIpc) is 2.91. The van der Waals surface area contributed by atoms with Crippen molar-refractivity contribution < 1.29 is 23.8 Å². The number of nitrogens with two attached hydrogens (primary N) is 1. The molecule has 1 fully saturated rings. The Bertz CT molecular complexity index is 1270. The largest absolute Gasteiger partial charge is 0.495 e. The second kappa shape index (κ2) is 12.3. The summed E-state index contributed by atoms with van der Waals surface area (Å²) < 4.78 is 15.9. The van der Waals surface area contributed by atoms with Crippen LogP contribution in [-0.4, -0.2) is 67.9 Å². The first-order valence-electron chi connectivity index (χ1n) is 12.3. The molecule has 37 heavy (non-hydrogen) atoms. The number of carbonyl (C=O) groups excluding carboxylic acids is 2. The molecule has 9 heteroatoms. The highest BCUT2D eigenvalue weighted by Gasteiger charge is 2.20. The summed E-state index contributed by atoms with van der Waals surface area (Å²) in [5.74, 6) is -0.388. The highest BCUT2D eigenvalue weighted by molar-refractivity contribution is 5.92. The first-order valence-corrected chi connectivity index (χ1v) is 12.3. The summed E-state index contributed by atoms with van der Waals surface area (Å²) >= 11 is 0. The molecule has 1 atom stereocenters. The molecule has 2 aromatic carbocycles. The van der Waals surface area contributed by atoms with Crippen molar-refractivity contribution in [3.63, 3.8) is 0 Å². The molecule has 0 bridgehead atoms. The van der Waals surface area contributed by atoms with Gasteiger partial charge in [0.15, 0.2) is 6.23 Å². The number of nitrogens with zero attached hydrogens (tertiary/aromatic N) is 3. The lowest BCUT2D eigenvalue weighted by atomic mass is 10.1. The van der Waals surface area contributed by atoms with Gasteiger partial charge in [-0.25, -0.2) is 14.6 Å². The fourth-order valence-corrected chi connectivity index (χ4v) is 4.30. The first-order chi connectivity index (χ1) is 17.9. The number of aromatic nitrogens is 1. The van der Waals surface area contributed by atoms with Crippen LogP contribution in [0.4, 0.5) is 5.69 Å². The number of anilines is 1. The standard InChI is InChI=1S/C28H32N4O5/c1-20-19-26(30-22-8-4-3-7-21(20)22)37-28(34)12-11-27(33)36-25(29)13-14-31-15-17-32(18-16-31)23-9-5-6-10-24(23)35-2/h3-12,19,25H,13-18,29H2,1-2H3/b12-11+. The van der Waals surface area contributed by atoms with E-state index in [0.29, 0.717) is 13.0 Å². The third kappa shape index (κ3) is 7.05. The Kier molecular flexibility index (Phi) is 8.71. The van der Waals surface area contributed by atoms with Crippen molar-refractivity contribution in [1.29, 1.82) is 0 Å². The molecule has 2 heterocycles. The Balaban J connectivity index is 1.18. The zero-order valence-electron chi connectivity index (χ0n) is 21.1. The van der Waals surface area contributed by atoms with E-state index in [1.54, 1.807) is 13.2 Å². The minimum absolute atomic E-state index is 0.168. The van der Waals surface area contributed by atoms with Gasteiger partial charge in [0, 0.05) is 62.7 Å². The number of para-hydroxylation sites is 3. The number of aryl methyl sites for hydroxylation is 1. The van der Waals surface area contributed by atoms with Crippen LogP contribution in [0.5, 0.6) is 11.6 Å². The molecular formula is C28H32N4O5. The number of fused-ring (bicyclic) bond motifs is 1. The monoisotopic (exact) mass is 504 g/mol. The first kappa shape index (κ1) is 26.1. The fourth-order valence-electron chi connectivity index (χ4n) is 4.30. The van der Waals surface area contributed by atoms with Gasteiger partial charge >= 0.3 is 11.9 Å². The van der Waals surface area contributed by atoms with Gasteiger partial charge in [0.05, 0.1) is 18.3 Å². The third-order valence-electron chi connectivity index (χ3n) is 6.26. The lowest BCUT2D eigenvalue weighted by Crippen LogP contribution is -2.47. The van der Waals surface area contributed by atoms with Crippen molar-refractivity contribution in [2.45, 2.75) is 19.6 Å². The van der Waals surface area contributed by atoms with E-state index >= 15 is 0 Å². The zero-order valence-corrected chi connectivity index (χ0v) is 21.1. The van der Waals surface area contributed by atoms with Crippen molar-refractivity contribution in [1.82, 2.24) is 9.88 Å². The Labute approximate surface area is 216 Å². The molecule has 0 aliphatic carbocycles. The predicted octanol–water partition coefficient (Wildman–Crippen LogP) is 3.05. The van der Waals surface area contributed by atoms with Crippen LogP contribution >= 0.6 is 0 Å². The van der Waals surface area contributed by atoms with Gasteiger partial charge in [-0.15, -0.1) is 0 Å². The Morgan fingerprint density at radius 3 is 2.51 bits per heavy atom. The van der Waals surface area contributed by atoms with Crippen molar-refractivity contribution >= 4 is 28.5 Å². The number of methoxy groups -OCH3 is 1. The zero-order chi connectivity index (χ0) is 26.2. The van der Waals surface area contributed by atoms with Crippen LogP contribution in [0.1, 0.15) is 12.0 Å². The van der Waals surface area contributed by atoms with Gasteiger partial charge in [-0.2, -0.15) is 0 Å². The van der Waals surface area contributed by atoms with Gasteiger partial charge in [0.2, 0.25) is 5.88 Å². The van der Waals surface area contributed by atoms with Crippen LogP contribution in [0.2, 0.25) is 0 Å². The number of benzene rings is 2. The minimum atomic E-state index is -0.773. The van der Waals surface area contributed by atoms with E-state index in [4.69, 9.17) is 19.9 Å². The van der Waals surface area contributed by atoms with E-state index in [1.165, 1.54) is 0 Å². The number of carbonyl (C=O) groups is 2. The predicted molar refractivity (Wildman–Crippen MR) is 142 cm³/mol. The van der Waals surface area contributed by atoms with Crippen molar-refractivity contribution in [2.75, 3.05) is 44.7 Å². The molecule has 2 N–H and O–H groups in total. The molecule has 1 aliphatic heterocycles. The topological polar surface area (TPSA) is 107 Å². The van der Waals surface area contributed by atoms with Crippen molar-refractivity contribution in [3.05, 3.63) is 72.3 Å². The van der Waals surface area contributed by atoms with Crippen molar-refractivity contribution in [3.8, 4) is 11.6 Å². The molecule has 4 rings (SSSR count). The van der Waals surface area contributed by atoms with E-state index in [9.17, 15) is 9.59 Å². The molecule has 0 spiro atoms. The molecule has 0 radical (unpaired) electrons. The second-order valence-electron chi connectivity index (χ2n) is 8.81. The van der Waals surface area contributed by atoms with E-state index < -0.39 is 18.2 Å². The van der Waals surface area contributed by atoms with Crippen LogP contribution in [0.15, 0.2) is 66.7 Å². The van der Waals surface area contributed by atoms with Crippen LogP contribution in [0, 0.1) is 6.92 Å². The van der Waals surface area contributed by atoms with Gasteiger partial charge in [0.1, 0.15) is 5.75 Å². The summed E-state index contributed by atoms with van der Waals surface area (Å²) in [6, 6.07) is 17.2. The summed E-state index contributed by atoms with van der Waals surface area (Å²) in [4.78, 5) is 33.2. The average molecular weight is 505 g/mol. The Morgan fingerprint density at radius 2 is 1.73 bits per heavy atom. The lowest BCUT2D eigenvalue weighted by Gasteiger charge is -2.36. The van der Waals surface area contributed by atoms with Gasteiger partial charge in [-0.05, 0) is 30.7 Å². The smallest absolute Gasteiger partial charge is 0.337 e. The molecule has 9 nitrogen and oxygen atoms in total. The van der Waals surface area contributed by atoms with Gasteiger partial charge in [-0.3, -0.25) is 10.6 Å². The molecule has 3 aromatic rings. The normalized spacial score (nSPS) is 15.1. The molecule has 0 saturated carbocycles. The molecule has 1 unspecified atom stereocenters. The summed E-state index contributed by atoms with van der Waals surface area (Å²) in [6.45, 7) is 6.08. The molecule has 0 amide bonds. The maximum atomic E-state index is 12.1. The third-order valence-corrected chi connectivity index (χ3v) is 6.26. The van der Waals surface area contributed by atoms with Gasteiger partial charge < -0.3 is 19.1 Å². The summed E-state index contributed by atoms with van der Waals surface area (Å²) in [7, 11) is 1.68. The molecule has 1 saturated heterocycles. The Morgan fingerprint density at radius 1 is 1.03 bits per heavy atom. The number of ether oxygens (including phenoxy) is 3. The maximum Gasteiger partial charge on any atom is 0.337 e. The minimum Gasteiger partial charge on any atom is -0.495 e. The number of piperazine rings is 1. The highest BCUT2D eigenvalue weighted by Crippen LogP contribution is 2.28. The maximum absolute atomic E-state index is 12.1. The van der Waals surface area contributed by atoms with Crippen LogP contribution in [0.25, 0.3) is 10.9 Å². The van der Waals surface area contributed by atoms with Crippen LogP contribution in [-0.2, 0) is 14.3 Å². The summed E-state index contributed by atoms with van der Waals surface area (Å²) in [5.41, 5.74) is 8.74. The number of rotatable bonds is 9. The van der Waals surface area contributed by atoms with Gasteiger partial charge in [-0.1, -0.05) is 30.3 Å². The summed E-state index contributed by atoms with van der Waals surface area (Å²) in [5, 5.41) is 0.980. The Hall–Kier alpha value is -3.95. The highest BCUT2D eigenvalue weighted by atomic mass is 16.6. The fraction of sp³-hybridized carbons (Fsp3) is 0.321. The van der Waals surface area contributed by atoms with Gasteiger partial charge in [0.25, 0.3) is 0 Å². The van der Waals surface area contributed by atoms with Crippen molar-refractivity contribution in [2.24, 2.45) is 5.73 Å². The van der Waals surface area contributed by atoms with Crippen LogP contribution < -0.4 is 20.1 Å².